The summed E-state index contributed by atoms with van der Waals surface area (Å²) in [6.07, 6.45) is 3.49. The number of nitrogens with one attached hydrogen (secondary N) is 2. The minimum absolute atomic E-state index is 0.0418. The number of rotatable bonds is 6. The Morgan fingerprint density at radius 1 is 1.08 bits per heavy atom. The van der Waals surface area contributed by atoms with Crippen molar-refractivity contribution in [2.24, 2.45) is 0 Å². The lowest BCUT2D eigenvalue weighted by molar-refractivity contribution is -0.119. The molecule has 11 heteroatoms. The number of aromatic nitrogens is 2. The number of amides is 2. The van der Waals surface area contributed by atoms with Gasteiger partial charge in [0.2, 0.25) is 11.8 Å². The topological polar surface area (TPSA) is 96.5 Å². The minimum atomic E-state index is -0.654. The molecule has 0 aliphatic carbocycles. The van der Waals surface area contributed by atoms with Crippen LogP contribution >= 0.6 is 23.6 Å². The highest BCUT2D eigenvalue weighted by molar-refractivity contribution is 7.80. The molecule has 1 aliphatic rings. The molecule has 8 nitrogen and oxygen atoms in total. The molecule has 1 aliphatic heterocycles. The second-order valence-corrected chi connectivity index (χ2v) is 9.86. The number of thiocarbonyl (C=S) groups is 1. The number of hydrogen-bond donors (Lipinski definition) is 2. The summed E-state index contributed by atoms with van der Waals surface area (Å²) in [4.78, 5) is 36.3. The van der Waals surface area contributed by atoms with Crippen LogP contribution < -0.4 is 15.4 Å². The molecule has 188 valence electrons. The second kappa shape index (κ2) is 11.0. The van der Waals surface area contributed by atoms with E-state index in [1.807, 2.05) is 35.2 Å². The average Bonchev–Trinajstić information content (AvgIpc) is 3.57. The zero-order valence-electron chi connectivity index (χ0n) is 19.6. The number of anilines is 1. The van der Waals surface area contributed by atoms with Gasteiger partial charge in [-0.3, -0.25) is 9.59 Å². The molecule has 37 heavy (non-hydrogen) atoms. The van der Waals surface area contributed by atoms with Gasteiger partial charge >= 0.3 is 0 Å². The van der Waals surface area contributed by atoms with E-state index >= 15 is 0 Å². The number of carbonyl (C=O) groups excluding carboxylic acids is 2. The van der Waals surface area contributed by atoms with Crippen molar-refractivity contribution < 1.29 is 18.7 Å². The number of likely N-dealkylation sites (tertiary alicyclic amines) is 1. The maximum Gasteiger partial charge on any atom is 0.264 e. The Balaban J connectivity index is 1.25. The molecule has 0 radical (unpaired) electrons. The molecule has 2 amide bonds. The molecule has 2 aromatic carbocycles. The number of halogens is 1. The monoisotopic (exact) mass is 535 g/mol. The van der Waals surface area contributed by atoms with Gasteiger partial charge in [0.05, 0.1) is 16.7 Å². The number of ether oxygens (including phenoxy) is 1. The van der Waals surface area contributed by atoms with Gasteiger partial charge in [0.1, 0.15) is 11.2 Å². The summed E-state index contributed by atoms with van der Waals surface area (Å²) in [5.74, 6) is -0.873. The molecule has 0 bridgehead atoms. The maximum absolute atomic E-state index is 14.9. The van der Waals surface area contributed by atoms with Crippen LogP contribution in [0.3, 0.4) is 0 Å². The Morgan fingerprint density at radius 3 is 2.62 bits per heavy atom. The van der Waals surface area contributed by atoms with Crippen LogP contribution in [0, 0.1) is 5.82 Å². The van der Waals surface area contributed by atoms with Crippen molar-refractivity contribution >= 4 is 56.4 Å². The summed E-state index contributed by atoms with van der Waals surface area (Å²) in [6, 6.07) is 15.2. The molecule has 1 fully saturated rings. The molecule has 0 spiro atoms. The summed E-state index contributed by atoms with van der Waals surface area (Å²) in [6.45, 7) is 1.49. The summed E-state index contributed by atoms with van der Waals surface area (Å²) in [5.41, 5.74) is 1.20. The van der Waals surface area contributed by atoms with E-state index in [1.165, 1.54) is 29.8 Å². The van der Waals surface area contributed by atoms with Crippen LogP contribution in [-0.4, -0.2) is 44.9 Å². The first-order valence-corrected chi connectivity index (χ1v) is 12.8. The normalized spacial score (nSPS) is 12.9. The van der Waals surface area contributed by atoms with Crippen LogP contribution in [0.2, 0.25) is 0 Å². The predicted octanol–water partition coefficient (Wildman–Crippen LogP) is 4.91. The third kappa shape index (κ3) is 5.89. The van der Waals surface area contributed by atoms with Gasteiger partial charge < -0.3 is 20.3 Å². The SMILES string of the molecule is O=C(Cc1ccccc1)NC(=S)Nc1ccc(Oc2ncnc3sc(C(=O)N4CCCC4)cc23)c(F)c1. The van der Waals surface area contributed by atoms with E-state index in [0.717, 1.165) is 31.5 Å². The zero-order chi connectivity index (χ0) is 25.8. The highest BCUT2D eigenvalue weighted by Crippen LogP contribution is 2.34. The molecular formula is C26H22FN5O3S2. The maximum atomic E-state index is 14.9. The van der Waals surface area contributed by atoms with Crippen molar-refractivity contribution in [2.75, 3.05) is 18.4 Å². The molecule has 0 saturated carbocycles. The number of fused-ring (bicyclic) bond motifs is 1. The standard InChI is InChI=1S/C26H22FN5O3S2/c27-19-13-17(30-26(36)31-22(33)12-16-6-2-1-3-7-16)8-9-20(19)35-23-18-14-21(37-24(18)29-15-28-23)25(34)32-10-4-5-11-32/h1-3,6-9,13-15H,4-5,10-12H2,(H2,30,31,33,36). The molecule has 5 rings (SSSR count). The Kier molecular flexibility index (Phi) is 7.33. The van der Waals surface area contributed by atoms with E-state index in [9.17, 15) is 14.0 Å². The Morgan fingerprint density at radius 2 is 1.86 bits per heavy atom. The van der Waals surface area contributed by atoms with Gasteiger partial charge in [0, 0.05) is 24.8 Å². The van der Waals surface area contributed by atoms with E-state index in [-0.39, 0.29) is 35.0 Å². The molecule has 4 aromatic rings. The van der Waals surface area contributed by atoms with Crippen LogP contribution in [0.25, 0.3) is 10.2 Å². The molecule has 0 atom stereocenters. The third-order valence-electron chi connectivity index (χ3n) is 5.75. The van der Waals surface area contributed by atoms with E-state index in [4.69, 9.17) is 17.0 Å². The number of thiophene rings is 1. The fourth-order valence-electron chi connectivity index (χ4n) is 3.98. The molecule has 3 heterocycles. The smallest absolute Gasteiger partial charge is 0.264 e. The first kappa shape index (κ1) is 24.7. The largest absolute Gasteiger partial charge is 0.435 e. The van der Waals surface area contributed by atoms with Crippen LogP contribution in [0.4, 0.5) is 10.1 Å². The van der Waals surface area contributed by atoms with Crippen molar-refractivity contribution in [1.82, 2.24) is 20.2 Å². The number of carbonyl (C=O) groups is 2. The van der Waals surface area contributed by atoms with Crippen LogP contribution in [0.5, 0.6) is 11.6 Å². The van der Waals surface area contributed by atoms with Gasteiger partial charge in [-0.15, -0.1) is 11.3 Å². The number of nitrogens with zero attached hydrogens (tertiary/aromatic N) is 3. The zero-order valence-corrected chi connectivity index (χ0v) is 21.2. The summed E-state index contributed by atoms with van der Waals surface area (Å²) in [7, 11) is 0. The van der Waals surface area contributed by atoms with Crippen molar-refractivity contribution in [3.05, 3.63) is 77.2 Å². The highest BCUT2D eigenvalue weighted by Gasteiger charge is 2.23. The lowest BCUT2D eigenvalue weighted by Gasteiger charge is -2.13. The minimum Gasteiger partial charge on any atom is -0.435 e. The summed E-state index contributed by atoms with van der Waals surface area (Å²) in [5, 5.41) is 5.98. The van der Waals surface area contributed by atoms with Gasteiger partial charge in [-0.05, 0) is 48.8 Å². The predicted molar refractivity (Wildman–Crippen MR) is 144 cm³/mol. The first-order chi connectivity index (χ1) is 18.0. The van der Waals surface area contributed by atoms with E-state index in [0.29, 0.717) is 20.8 Å². The van der Waals surface area contributed by atoms with Crippen molar-refractivity contribution in [3.63, 3.8) is 0 Å². The van der Waals surface area contributed by atoms with E-state index in [2.05, 4.69) is 20.6 Å². The Hall–Kier alpha value is -3.96. The van der Waals surface area contributed by atoms with E-state index < -0.39 is 5.82 Å². The average molecular weight is 536 g/mol. The number of hydrogen-bond acceptors (Lipinski definition) is 7. The van der Waals surface area contributed by atoms with Gasteiger partial charge in [0.15, 0.2) is 16.7 Å². The fourth-order valence-corrected chi connectivity index (χ4v) is 5.17. The van der Waals surface area contributed by atoms with Gasteiger partial charge in [-0.2, -0.15) is 0 Å². The van der Waals surface area contributed by atoms with Crippen LogP contribution in [-0.2, 0) is 11.2 Å². The summed E-state index contributed by atoms with van der Waals surface area (Å²) >= 11 is 6.44. The second-order valence-electron chi connectivity index (χ2n) is 8.42. The van der Waals surface area contributed by atoms with Gasteiger partial charge in [0.25, 0.3) is 5.91 Å². The van der Waals surface area contributed by atoms with Gasteiger partial charge in [-0.1, -0.05) is 30.3 Å². The van der Waals surface area contributed by atoms with Crippen LogP contribution in [0.15, 0.2) is 60.9 Å². The summed E-state index contributed by atoms with van der Waals surface area (Å²) < 4.78 is 20.6. The quantitative estimate of drug-likeness (QED) is 0.339. The molecule has 0 unspecified atom stereocenters. The Labute approximate surface area is 221 Å². The van der Waals surface area contributed by atoms with Crippen molar-refractivity contribution in [2.45, 2.75) is 19.3 Å². The first-order valence-electron chi connectivity index (χ1n) is 11.6. The fraction of sp³-hybridized carbons (Fsp3) is 0.192. The molecule has 2 N–H and O–H groups in total. The van der Waals surface area contributed by atoms with Gasteiger partial charge in [-0.25, -0.2) is 14.4 Å². The lowest BCUT2D eigenvalue weighted by Crippen LogP contribution is -2.35. The molecular weight excluding hydrogens is 513 g/mol. The van der Waals surface area contributed by atoms with Crippen LogP contribution in [0.1, 0.15) is 28.1 Å². The van der Waals surface area contributed by atoms with E-state index in [1.54, 1.807) is 12.1 Å². The molecule has 1 saturated heterocycles. The Bertz CT molecular complexity index is 1470. The lowest BCUT2D eigenvalue weighted by atomic mass is 10.1. The third-order valence-corrected chi connectivity index (χ3v) is 6.99. The molecule has 2 aromatic heterocycles. The number of benzene rings is 2. The highest BCUT2D eigenvalue weighted by atomic mass is 32.1. The van der Waals surface area contributed by atoms with Crippen molar-refractivity contribution in [1.29, 1.82) is 0 Å². The van der Waals surface area contributed by atoms with Crippen molar-refractivity contribution in [3.8, 4) is 11.6 Å².